The molecule has 0 radical (unpaired) electrons. The van der Waals surface area contributed by atoms with Gasteiger partial charge in [-0.15, -0.1) is 0 Å². The highest BCUT2D eigenvalue weighted by atomic mass is 35.5. The summed E-state index contributed by atoms with van der Waals surface area (Å²) in [6.45, 7) is -0.566. The number of benzene rings is 1. The molecule has 0 aliphatic rings. The zero-order valence-electron chi connectivity index (χ0n) is 9.79. The minimum Gasteiger partial charge on any atom is -0.397 e. The number of rotatable bonds is 5. The van der Waals surface area contributed by atoms with Gasteiger partial charge in [0.05, 0.1) is 23.8 Å². The number of carbonyl (C=O) groups is 1. The molecule has 0 spiro atoms. The average Bonchev–Trinajstić information content (AvgIpc) is 2.21. The normalized spacial score (nSPS) is 11.0. The maximum atomic E-state index is 12.1. The molecule has 0 aliphatic carbocycles. The number of carbonyl (C=O) groups excluding carboxylic acids is 1. The van der Waals surface area contributed by atoms with Gasteiger partial charge < -0.3 is 11.1 Å². The summed E-state index contributed by atoms with van der Waals surface area (Å²) in [7, 11) is 1.45. The first-order valence-electron chi connectivity index (χ1n) is 5.20. The Kier molecular flexibility index (Phi) is 5.30. The molecule has 1 aromatic carbocycles. The summed E-state index contributed by atoms with van der Waals surface area (Å²) in [6, 6.07) is 4.65. The van der Waals surface area contributed by atoms with Crippen LogP contribution in [-0.2, 0) is 4.79 Å². The monoisotopic (exact) mass is 277 g/mol. The molecule has 0 saturated heterocycles. The molecule has 0 fully saturated rings. The molecule has 1 aromatic rings. The van der Waals surface area contributed by atoms with Crippen LogP contribution < -0.4 is 11.1 Å². The van der Waals surface area contributed by atoms with Gasteiger partial charge >= 0.3 is 0 Å². The summed E-state index contributed by atoms with van der Waals surface area (Å²) in [5.41, 5.74) is 6.39. The lowest BCUT2D eigenvalue weighted by Crippen LogP contribution is -2.33. The zero-order chi connectivity index (χ0) is 13.7. The van der Waals surface area contributed by atoms with E-state index >= 15 is 0 Å². The number of hydrogen-bond acceptors (Lipinski definition) is 3. The molecule has 0 aliphatic heterocycles. The second-order valence-electron chi connectivity index (χ2n) is 3.87. The van der Waals surface area contributed by atoms with Gasteiger partial charge in [0.1, 0.15) is 0 Å². The van der Waals surface area contributed by atoms with Crippen LogP contribution in [0.25, 0.3) is 0 Å². The fraction of sp³-hybridized carbons (Fsp3) is 0.364. The van der Waals surface area contributed by atoms with Crippen LogP contribution in [0.3, 0.4) is 0 Å². The standard InChI is InChI=1S/C11H14ClF2N3O/c1-17(5-10(13)14)6-11(18)16-7-2-3-8(12)9(15)4-7/h2-4,10H,5-6,15H2,1H3,(H,16,18). The number of nitrogens with two attached hydrogens (primary N) is 1. The van der Waals surface area contributed by atoms with Crippen molar-refractivity contribution in [3.63, 3.8) is 0 Å². The van der Waals surface area contributed by atoms with Crippen LogP contribution in [0.2, 0.25) is 5.02 Å². The number of halogens is 3. The summed E-state index contributed by atoms with van der Waals surface area (Å²) < 4.78 is 24.1. The van der Waals surface area contributed by atoms with Gasteiger partial charge in [0.15, 0.2) is 0 Å². The molecule has 0 bridgehead atoms. The molecule has 100 valence electrons. The lowest BCUT2D eigenvalue weighted by Gasteiger charge is -2.15. The van der Waals surface area contributed by atoms with Crippen molar-refractivity contribution < 1.29 is 13.6 Å². The molecule has 7 heteroatoms. The minimum atomic E-state index is -2.46. The van der Waals surface area contributed by atoms with Crippen LogP contribution in [0.4, 0.5) is 20.2 Å². The number of nitrogens with zero attached hydrogens (tertiary/aromatic N) is 1. The third-order valence-electron chi connectivity index (χ3n) is 2.14. The first-order chi connectivity index (χ1) is 8.38. The van der Waals surface area contributed by atoms with Crippen molar-refractivity contribution in [2.45, 2.75) is 6.43 Å². The van der Waals surface area contributed by atoms with Gasteiger partial charge in [-0.05, 0) is 25.2 Å². The summed E-state index contributed by atoms with van der Waals surface area (Å²) in [6.07, 6.45) is -2.46. The van der Waals surface area contributed by atoms with E-state index in [1.54, 1.807) is 12.1 Å². The number of alkyl halides is 2. The lowest BCUT2D eigenvalue weighted by atomic mass is 10.3. The van der Waals surface area contributed by atoms with E-state index in [0.717, 1.165) is 0 Å². The second kappa shape index (κ2) is 6.51. The molecule has 1 amide bonds. The van der Waals surface area contributed by atoms with E-state index in [9.17, 15) is 13.6 Å². The Morgan fingerprint density at radius 3 is 2.78 bits per heavy atom. The highest BCUT2D eigenvalue weighted by molar-refractivity contribution is 6.33. The minimum absolute atomic E-state index is 0.118. The highest BCUT2D eigenvalue weighted by Gasteiger charge is 2.11. The molecule has 0 atom stereocenters. The number of nitrogens with one attached hydrogen (secondary N) is 1. The molecule has 0 unspecified atom stereocenters. The summed E-state index contributed by atoms with van der Waals surface area (Å²) >= 11 is 5.73. The van der Waals surface area contributed by atoms with E-state index in [1.807, 2.05) is 0 Å². The van der Waals surface area contributed by atoms with E-state index in [2.05, 4.69) is 5.32 Å². The quantitative estimate of drug-likeness (QED) is 0.810. The van der Waals surface area contributed by atoms with Crippen molar-refractivity contribution in [3.8, 4) is 0 Å². The van der Waals surface area contributed by atoms with E-state index < -0.39 is 13.0 Å². The van der Waals surface area contributed by atoms with Crippen molar-refractivity contribution >= 4 is 28.9 Å². The second-order valence-corrected chi connectivity index (χ2v) is 4.28. The summed E-state index contributed by atoms with van der Waals surface area (Å²) in [5.74, 6) is -0.389. The Labute approximate surface area is 109 Å². The van der Waals surface area contributed by atoms with Gasteiger partial charge in [-0.2, -0.15) is 0 Å². The van der Waals surface area contributed by atoms with Crippen LogP contribution in [0.1, 0.15) is 0 Å². The van der Waals surface area contributed by atoms with Gasteiger partial charge in [-0.3, -0.25) is 9.69 Å². The number of anilines is 2. The molecular formula is C11H14ClF2N3O. The van der Waals surface area contributed by atoms with Crippen molar-refractivity contribution in [2.24, 2.45) is 0 Å². The maximum absolute atomic E-state index is 12.1. The molecule has 0 aromatic heterocycles. The van der Waals surface area contributed by atoms with Crippen molar-refractivity contribution in [1.82, 2.24) is 4.90 Å². The first kappa shape index (κ1) is 14.7. The smallest absolute Gasteiger partial charge is 0.251 e. The first-order valence-corrected chi connectivity index (χ1v) is 5.58. The van der Waals surface area contributed by atoms with Crippen molar-refractivity contribution in [2.75, 3.05) is 31.2 Å². The summed E-state index contributed by atoms with van der Waals surface area (Å²) in [5, 5.41) is 2.94. The molecule has 1 rings (SSSR count). The van der Waals surface area contributed by atoms with E-state index in [-0.39, 0.29) is 12.5 Å². The number of amides is 1. The summed E-state index contributed by atoms with van der Waals surface area (Å²) in [4.78, 5) is 12.8. The molecular weight excluding hydrogens is 264 g/mol. The van der Waals surface area contributed by atoms with Crippen molar-refractivity contribution in [3.05, 3.63) is 23.2 Å². The van der Waals surface area contributed by atoms with Crippen LogP contribution in [0.5, 0.6) is 0 Å². The van der Waals surface area contributed by atoms with Crippen molar-refractivity contribution in [1.29, 1.82) is 0 Å². The predicted molar refractivity (Wildman–Crippen MR) is 68.0 cm³/mol. The van der Waals surface area contributed by atoms with Crippen LogP contribution in [-0.4, -0.2) is 37.4 Å². The fourth-order valence-corrected chi connectivity index (χ4v) is 1.48. The number of nitrogen functional groups attached to an aromatic ring is 1. The lowest BCUT2D eigenvalue weighted by molar-refractivity contribution is -0.117. The third-order valence-corrected chi connectivity index (χ3v) is 2.49. The van der Waals surface area contributed by atoms with Crippen LogP contribution in [0, 0.1) is 0 Å². The molecule has 3 N–H and O–H groups in total. The Balaban J connectivity index is 2.51. The average molecular weight is 278 g/mol. The Hall–Kier alpha value is -1.40. The van der Waals surface area contributed by atoms with Gasteiger partial charge in [0.2, 0.25) is 5.91 Å². The maximum Gasteiger partial charge on any atom is 0.251 e. The highest BCUT2D eigenvalue weighted by Crippen LogP contribution is 2.22. The van der Waals surface area contributed by atoms with Crippen LogP contribution in [0.15, 0.2) is 18.2 Å². The Bertz CT molecular complexity index is 429. The van der Waals surface area contributed by atoms with E-state index in [0.29, 0.717) is 16.4 Å². The largest absolute Gasteiger partial charge is 0.397 e. The Morgan fingerprint density at radius 2 is 2.22 bits per heavy atom. The Morgan fingerprint density at radius 1 is 1.56 bits per heavy atom. The molecule has 0 heterocycles. The van der Waals surface area contributed by atoms with Gasteiger partial charge in [-0.1, -0.05) is 11.6 Å². The van der Waals surface area contributed by atoms with E-state index in [1.165, 1.54) is 18.0 Å². The molecule has 18 heavy (non-hydrogen) atoms. The fourth-order valence-electron chi connectivity index (χ4n) is 1.37. The number of likely N-dealkylation sites (N-methyl/N-ethyl adjacent to an activating group) is 1. The van der Waals surface area contributed by atoms with Crippen LogP contribution >= 0.6 is 11.6 Å². The third kappa shape index (κ3) is 4.85. The topological polar surface area (TPSA) is 58.4 Å². The zero-order valence-corrected chi connectivity index (χ0v) is 10.5. The predicted octanol–water partition coefficient (Wildman–Crippen LogP) is 2.06. The SMILES string of the molecule is CN(CC(=O)Nc1ccc(Cl)c(N)c1)CC(F)F. The van der Waals surface area contributed by atoms with Gasteiger partial charge in [0.25, 0.3) is 6.43 Å². The molecule has 4 nitrogen and oxygen atoms in total. The van der Waals surface area contributed by atoms with Gasteiger partial charge in [0, 0.05) is 5.69 Å². The van der Waals surface area contributed by atoms with E-state index in [4.69, 9.17) is 17.3 Å². The molecule has 0 saturated carbocycles. The van der Waals surface area contributed by atoms with Gasteiger partial charge in [-0.25, -0.2) is 8.78 Å². The number of hydrogen-bond donors (Lipinski definition) is 2.